The van der Waals surface area contributed by atoms with Crippen molar-refractivity contribution in [2.45, 2.75) is 51.4 Å². The number of hydrogen-bond acceptors (Lipinski definition) is 3. The van der Waals surface area contributed by atoms with Gasteiger partial charge >= 0.3 is 0 Å². The Morgan fingerprint density at radius 2 is 2.06 bits per heavy atom. The highest BCUT2D eigenvalue weighted by molar-refractivity contribution is 5.49. The molecule has 0 heterocycles. The summed E-state index contributed by atoms with van der Waals surface area (Å²) in [6.45, 7) is 2.70. The SMILES string of the molecule is COC1CCCC(OCc2cccc(N)c2C)C1. The lowest BCUT2D eigenvalue weighted by atomic mass is 9.95. The van der Waals surface area contributed by atoms with Gasteiger partial charge < -0.3 is 15.2 Å². The Balaban J connectivity index is 1.89. The largest absolute Gasteiger partial charge is 0.399 e. The van der Waals surface area contributed by atoms with E-state index in [1.165, 1.54) is 12.0 Å². The zero-order valence-corrected chi connectivity index (χ0v) is 11.3. The monoisotopic (exact) mass is 249 g/mol. The number of rotatable bonds is 4. The van der Waals surface area contributed by atoms with Gasteiger partial charge in [-0.15, -0.1) is 0 Å². The third-order valence-electron chi connectivity index (χ3n) is 3.87. The molecule has 2 atom stereocenters. The molecule has 100 valence electrons. The van der Waals surface area contributed by atoms with Gasteiger partial charge in [0.15, 0.2) is 0 Å². The molecule has 0 amide bonds. The second kappa shape index (κ2) is 6.21. The topological polar surface area (TPSA) is 44.5 Å². The van der Waals surface area contributed by atoms with Gasteiger partial charge in [0.1, 0.15) is 0 Å². The van der Waals surface area contributed by atoms with E-state index in [1.807, 2.05) is 19.1 Å². The fourth-order valence-electron chi connectivity index (χ4n) is 2.53. The van der Waals surface area contributed by atoms with E-state index in [0.717, 1.165) is 30.5 Å². The molecule has 0 saturated heterocycles. The fourth-order valence-corrected chi connectivity index (χ4v) is 2.53. The van der Waals surface area contributed by atoms with Crippen LogP contribution in [0.5, 0.6) is 0 Å². The maximum absolute atomic E-state index is 6.00. The lowest BCUT2D eigenvalue weighted by Gasteiger charge is -2.28. The number of methoxy groups -OCH3 is 1. The molecule has 0 bridgehead atoms. The molecule has 1 saturated carbocycles. The summed E-state index contributed by atoms with van der Waals surface area (Å²) in [5.41, 5.74) is 9.06. The minimum Gasteiger partial charge on any atom is -0.399 e. The van der Waals surface area contributed by atoms with Crippen LogP contribution in [0, 0.1) is 6.92 Å². The van der Waals surface area contributed by atoms with Crippen LogP contribution < -0.4 is 5.73 Å². The van der Waals surface area contributed by atoms with Crippen molar-refractivity contribution in [2.75, 3.05) is 12.8 Å². The fraction of sp³-hybridized carbons (Fsp3) is 0.600. The first-order valence-corrected chi connectivity index (χ1v) is 6.69. The minimum atomic E-state index is 0.324. The van der Waals surface area contributed by atoms with Crippen LogP contribution in [0.15, 0.2) is 18.2 Å². The molecule has 0 aromatic heterocycles. The Kier molecular flexibility index (Phi) is 4.61. The molecule has 2 unspecified atom stereocenters. The van der Waals surface area contributed by atoms with Gasteiger partial charge in [0.2, 0.25) is 0 Å². The smallest absolute Gasteiger partial charge is 0.0723 e. The van der Waals surface area contributed by atoms with Crippen molar-refractivity contribution in [1.29, 1.82) is 0 Å². The Morgan fingerprint density at radius 1 is 1.28 bits per heavy atom. The second-order valence-corrected chi connectivity index (χ2v) is 5.09. The molecule has 2 rings (SSSR count). The summed E-state index contributed by atoms with van der Waals surface area (Å²) in [5.74, 6) is 0. The first kappa shape index (κ1) is 13.4. The number of benzene rings is 1. The quantitative estimate of drug-likeness (QED) is 0.834. The van der Waals surface area contributed by atoms with Gasteiger partial charge in [-0.2, -0.15) is 0 Å². The molecule has 0 spiro atoms. The molecule has 18 heavy (non-hydrogen) atoms. The summed E-state index contributed by atoms with van der Waals surface area (Å²) in [5, 5.41) is 0. The molecular weight excluding hydrogens is 226 g/mol. The summed E-state index contributed by atoms with van der Waals surface area (Å²) in [4.78, 5) is 0. The van der Waals surface area contributed by atoms with E-state index in [0.29, 0.717) is 18.8 Å². The Labute approximate surface area is 109 Å². The third kappa shape index (κ3) is 3.24. The zero-order chi connectivity index (χ0) is 13.0. The van der Waals surface area contributed by atoms with E-state index < -0.39 is 0 Å². The van der Waals surface area contributed by atoms with E-state index in [2.05, 4.69) is 6.07 Å². The Hall–Kier alpha value is -1.06. The van der Waals surface area contributed by atoms with Crippen molar-refractivity contribution >= 4 is 5.69 Å². The van der Waals surface area contributed by atoms with Gasteiger partial charge in [0.25, 0.3) is 0 Å². The van der Waals surface area contributed by atoms with Crippen LogP contribution in [0.4, 0.5) is 5.69 Å². The molecule has 2 N–H and O–H groups in total. The maximum Gasteiger partial charge on any atom is 0.0723 e. The van der Waals surface area contributed by atoms with Gasteiger partial charge in [-0.05, 0) is 49.8 Å². The molecule has 1 fully saturated rings. The van der Waals surface area contributed by atoms with Crippen molar-refractivity contribution in [3.63, 3.8) is 0 Å². The first-order chi connectivity index (χ1) is 8.70. The maximum atomic E-state index is 6.00. The van der Waals surface area contributed by atoms with E-state index in [-0.39, 0.29) is 0 Å². The Bertz CT molecular complexity index is 392. The molecular formula is C15H23NO2. The molecule has 0 aliphatic heterocycles. The lowest BCUT2D eigenvalue weighted by molar-refractivity contribution is -0.0364. The summed E-state index contributed by atoms with van der Waals surface area (Å²) in [7, 11) is 1.79. The number of hydrogen-bond donors (Lipinski definition) is 1. The predicted molar refractivity (Wildman–Crippen MR) is 73.4 cm³/mol. The summed E-state index contributed by atoms with van der Waals surface area (Å²) in [6, 6.07) is 6.00. The van der Waals surface area contributed by atoms with E-state index in [4.69, 9.17) is 15.2 Å². The number of nitrogen functional groups attached to an aromatic ring is 1. The van der Waals surface area contributed by atoms with Gasteiger partial charge in [0, 0.05) is 12.8 Å². The molecule has 1 aromatic carbocycles. The van der Waals surface area contributed by atoms with Crippen LogP contribution in [-0.2, 0) is 16.1 Å². The Morgan fingerprint density at radius 3 is 2.83 bits per heavy atom. The van der Waals surface area contributed by atoms with Crippen molar-refractivity contribution in [1.82, 2.24) is 0 Å². The van der Waals surface area contributed by atoms with Crippen LogP contribution in [0.25, 0.3) is 0 Å². The molecule has 1 aromatic rings. The number of ether oxygens (including phenoxy) is 2. The molecule has 0 radical (unpaired) electrons. The second-order valence-electron chi connectivity index (χ2n) is 5.09. The van der Waals surface area contributed by atoms with Crippen molar-refractivity contribution < 1.29 is 9.47 Å². The molecule has 3 nitrogen and oxygen atoms in total. The number of nitrogens with two attached hydrogens (primary N) is 1. The third-order valence-corrected chi connectivity index (χ3v) is 3.87. The van der Waals surface area contributed by atoms with E-state index in [1.54, 1.807) is 7.11 Å². The standard InChI is InChI=1S/C15H23NO2/c1-11-12(5-3-8-15(11)16)10-18-14-7-4-6-13(9-14)17-2/h3,5,8,13-14H,4,6-7,9-10,16H2,1-2H3. The van der Waals surface area contributed by atoms with Crippen molar-refractivity contribution in [2.24, 2.45) is 0 Å². The average Bonchev–Trinajstić information content (AvgIpc) is 2.41. The summed E-state index contributed by atoms with van der Waals surface area (Å²) >= 11 is 0. The highest BCUT2D eigenvalue weighted by atomic mass is 16.5. The first-order valence-electron chi connectivity index (χ1n) is 6.69. The van der Waals surface area contributed by atoms with Crippen LogP contribution in [0.2, 0.25) is 0 Å². The number of anilines is 1. The highest BCUT2D eigenvalue weighted by Gasteiger charge is 2.22. The van der Waals surface area contributed by atoms with E-state index >= 15 is 0 Å². The van der Waals surface area contributed by atoms with Gasteiger partial charge in [-0.25, -0.2) is 0 Å². The summed E-state index contributed by atoms with van der Waals surface area (Å²) in [6.07, 6.45) is 5.20. The minimum absolute atomic E-state index is 0.324. The predicted octanol–water partition coefficient (Wildman–Crippen LogP) is 3.05. The molecule has 1 aliphatic carbocycles. The molecule has 1 aliphatic rings. The normalized spacial score (nSPS) is 24.1. The van der Waals surface area contributed by atoms with Gasteiger partial charge in [-0.3, -0.25) is 0 Å². The zero-order valence-electron chi connectivity index (χ0n) is 11.3. The average molecular weight is 249 g/mol. The van der Waals surface area contributed by atoms with Crippen LogP contribution in [0.3, 0.4) is 0 Å². The highest BCUT2D eigenvalue weighted by Crippen LogP contribution is 2.25. The van der Waals surface area contributed by atoms with E-state index in [9.17, 15) is 0 Å². The van der Waals surface area contributed by atoms with Gasteiger partial charge in [0.05, 0.1) is 18.8 Å². The van der Waals surface area contributed by atoms with Crippen molar-refractivity contribution in [3.05, 3.63) is 29.3 Å². The van der Waals surface area contributed by atoms with Crippen LogP contribution in [0.1, 0.15) is 36.8 Å². The molecule has 3 heteroatoms. The van der Waals surface area contributed by atoms with Crippen molar-refractivity contribution in [3.8, 4) is 0 Å². The lowest BCUT2D eigenvalue weighted by Crippen LogP contribution is -2.27. The summed E-state index contributed by atoms with van der Waals surface area (Å²) < 4.78 is 11.4. The van der Waals surface area contributed by atoms with Crippen LogP contribution in [-0.4, -0.2) is 19.3 Å². The van der Waals surface area contributed by atoms with Gasteiger partial charge in [-0.1, -0.05) is 12.1 Å². The van der Waals surface area contributed by atoms with Crippen LogP contribution >= 0.6 is 0 Å².